The average Bonchev–Trinajstić information content (AvgIpc) is 2.65. The third kappa shape index (κ3) is 3.40. The smallest absolute Gasteiger partial charge is 0.148 e. The Kier molecular flexibility index (Phi) is 4.91. The molecule has 1 aromatic rings. The van der Waals surface area contributed by atoms with Crippen molar-refractivity contribution in [1.29, 1.82) is 0 Å². The molecule has 0 radical (unpaired) electrons. The van der Waals surface area contributed by atoms with Crippen molar-refractivity contribution in [3.63, 3.8) is 0 Å². The van der Waals surface area contributed by atoms with E-state index < -0.39 is 0 Å². The number of nitrogens with zero attached hydrogens (tertiary/aromatic N) is 3. The largest absolute Gasteiger partial charge is 0.313 e. The lowest BCUT2D eigenvalue weighted by Gasteiger charge is -2.20. The van der Waals surface area contributed by atoms with Crippen molar-refractivity contribution in [3.05, 3.63) is 5.69 Å². The maximum Gasteiger partial charge on any atom is 0.148 e. The number of anilines is 1. The highest BCUT2D eigenvalue weighted by atomic mass is 32.1. The van der Waals surface area contributed by atoms with Crippen LogP contribution in [-0.2, 0) is 6.54 Å². The molecule has 0 saturated carbocycles. The maximum atomic E-state index is 5.45. The van der Waals surface area contributed by atoms with Crippen LogP contribution in [0.25, 0.3) is 0 Å². The molecule has 0 aliphatic carbocycles. The molecule has 1 unspecified atom stereocenters. The minimum absolute atomic E-state index is 0.798. The third-order valence-electron chi connectivity index (χ3n) is 3.87. The van der Waals surface area contributed by atoms with Crippen LogP contribution in [0.4, 0.5) is 5.00 Å². The molecule has 1 fully saturated rings. The van der Waals surface area contributed by atoms with E-state index in [0.29, 0.717) is 0 Å². The van der Waals surface area contributed by atoms with Gasteiger partial charge in [-0.25, -0.2) is 5.84 Å². The van der Waals surface area contributed by atoms with Crippen molar-refractivity contribution in [3.8, 4) is 0 Å². The Morgan fingerprint density at radius 2 is 2.28 bits per heavy atom. The number of nitrogens with two attached hydrogens (primary N) is 1. The monoisotopic (exact) mass is 269 g/mol. The van der Waals surface area contributed by atoms with Crippen molar-refractivity contribution >= 4 is 16.5 Å². The van der Waals surface area contributed by atoms with Gasteiger partial charge in [0.1, 0.15) is 10.7 Å². The molecule has 0 aromatic carbocycles. The molecule has 1 aromatic heterocycles. The summed E-state index contributed by atoms with van der Waals surface area (Å²) in [5, 5.41) is 5.04. The zero-order valence-electron chi connectivity index (χ0n) is 11.2. The number of rotatable bonds is 4. The predicted octanol–water partition coefficient (Wildman–Crippen LogP) is 2.08. The molecule has 1 saturated heterocycles. The van der Waals surface area contributed by atoms with Gasteiger partial charge in [-0.2, -0.15) is 0 Å². The summed E-state index contributed by atoms with van der Waals surface area (Å²) in [5.41, 5.74) is 3.65. The van der Waals surface area contributed by atoms with Crippen LogP contribution in [0.1, 0.15) is 38.8 Å². The zero-order chi connectivity index (χ0) is 13.0. The van der Waals surface area contributed by atoms with Crippen LogP contribution in [0.2, 0.25) is 0 Å². The third-order valence-corrected chi connectivity index (χ3v) is 4.57. The highest BCUT2D eigenvalue weighted by Gasteiger charge is 2.20. The van der Waals surface area contributed by atoms with Crippen LogP contribution in [0, 0.1) is 11.8 Å². The second-order valence-corrected chi connectivity index (χ2v) is 6.16. The molecule has 102 valence electrons. The van der Waals surface area contributed by atoms with Gasteiger partial charge >= 0.3 is 0 Å². The first kappa shape index (κ1) is 13.7. The van der Waals surface area contributed by atoms with Gasteiger partial charge in [-0.1, -0.05) is 18.3 Å². The lowest BCUT2D eigenvalue weighted by atomic mass is 9.89. The minimum atomic E-state index is 0.798. The molecule has 0 spiro atoms. The van der Waals surface area contributed by atoms with Gasteiger partial charge in [-0.15, -0.1) is 5.10 Å². The molecular formula is C12H23N5S. The second kappa shape index (κ2) is 6.45. The van der Waals surface area contributed by atoms with Crippen LogP contribution in [-0.4, -0.2) is 27.6 Å². The molecule has 3 N–H and O–H groups in total. The minimum Gasteiger partial charge on any atom is -0.313 e. The van der Waals surface area contributed by atoms with Crippen molar-refractivity contribution in [2.75, 3.05) is 18.5 Å². The maximum absolute atomic E-state index is 5.45. The Hall–Kier alpha value is -0.720. The summed E-state index contributed by atoms with van der Waals surface area (Å²) in [6, 6.07) is 0. The second-order valence-electron chi connectivity index (χ2n) is 5.40. The van der Waals surface area contributed by atoms with E-state index in [9.17, 15) is 0 Å². The molecule has 1 aliphatic heterocycles. The van der Waals surface area contributed by atoms with E-state index in [1.165, 1.54) is 30.8 Å². The van der Waals surface area contributed by atoms with E-state index in [2.05, 4.69) is 33.8 Å². The molecular weight excluding hydrogens is 246 g/mol. The van der Waals surface area contributed by atoms with E-state index in [-0.39, 0.29) is 0 Å². The number of hydrogen-bond acceptors (Lipinski definition) is 6. The standard InChI is InChI=1S/C12H23N5S/c1-9(2)10-4-3-6-17(7-5-10)8-11-12(14-13)18-16-15-11/h9-10,14H,3-8,13H2,1-2H3. The van der Waals surface area contributed by atoms with Crippen LogP contribution in [0.3, 0.4) is 0 Å². The van der Waals surface area contributed by atoms with Crippen molar-refractivity contribution in [2.45, 2.75) is 39.7 Å². The molecule has 2 heterocycles. The summed E-state index contributed by atoms with van der Waals surface area (Å²) in [6.45, 7) is 7.85. The lowest BCUT2D eigenvalue weighted by Crippen LogP contribution is -2.25. The van der Waals surface area contributed by atoms with E-state index in [0.717, 1.165) is 42.2 Å². The first-order valence-electron chi connectivity index (χ1n) is 6.71. The summed E-state index contributed by atoms with van der Waals surface area (Å²) >= 11 is 1.32. The zero-order valence-corrected chi connectivity index (χ0v) is 12.0. The van der Waals surface area contributed by atoms with Gasteiger partial charge in [-0.3, -0.25) is 4.90 Å². The van der Waals surface area contributed by atoms with Gasteiger partial charge in [0, 0.05) is 18.1 Å². The van der Waals surface area contributed by atoms with Gasteiger partial charge in [0.25, 0.3) is 0 Å². The van der Waals surface area contributed by atoms with Crippen LogP contribution >= 0.6 is 11.5 Å². The highest BCUT2D eigenvalue weighted by Crippen LogP contribution is 2.26. The number of aromatic nitrogens is 2. The van der Waals surface area contributed by atoms with Crippen LogP contribution < -0.4 is 11.3 Å². The SMILES string of the molecule is CC(C)C1CCCN(Cc2nnsc2NN)CC1. The first-order valence-corrected chi connectivity index (χ1v) is 7.48. The normalized spacial score (nSPS) is 22.1. The number of nitrogens with one attached hydrogen (secondary N) is 1. The van der Waals surface area contributed by atoms with Gasteiger partial charge in [0.05, 0.1) is 0 Å². The average molecular weight is 269 g/mol. The Bertz CT molecular complexity index is 365. The van der Waals surface area contributed by atoms with Gasteiger partial charge in [0.2, 0.25) is 0 Å². The van der Waals surface area contributed by atoms with Crippen LogP contribution in [0.15, 0.2) is 0 Å². The Morgan fingerprint density at radius 3 is 3.00 bits per heavy atom. The Morgan fingerprint density at radius 1 is 1.44 bits per heavy atom. The number of nitrogen functional groups attached to an aromatic ring is 1. The molecule has 18 heavy (non-hydrogen) atoms. The van der Waals surface area contributed by atoms with Gasteiger partial charge in [-0.05, 0) is 44.2 Å². The fourth-order valence-electron chi connectivity index (χ4n) is 2.64. The van der Waals surface area contributed by atoms with Crippen molar-refractivity contribution in [1.82, 2.24) is 14.5 Å². The molecule has 1 atom stereocenters. The lowest BCUT2D eigenvalue weighted by molar-refractivity contribution is 0.262. The van der Waals surface area contributed by atoms with E-state index in [1.807, 2.05) is 0 Å². The molecule has 0 bridgehead atoms. The molecule has 6 heteroatoms. The first-order chi connectivity index (χ1) is 8.70. The summed E-state index contributed by atoms with van der Waals surface area (Å²) < 4.78 is 3.95. The van der Waals surface area contributed by atoms with Crippen molar-refractivity contribution < 1.29 is 0 Å². The predicted molar refractivity (Wildman–Crippen MR) is 75.2 cm³/mol. The van der Waals surface area contributed by atoms with Gasteiger partial charge < -0.3 is 5.43 Å². The molecule has 0 amide bonds. The Balaban J connectivity index is 1.91. The summed E-state index contributed by atoms with van der Waals surface area (Å²) in [4.78, 5) is 2.47. The number of hydrogen-bond donors (Lipinski definition) is 2. The Labute approximate surface area is 113 Å². The summed E-state index contributed by atoms with van der Waals surface area (Å²) in [6.07, 6.45) is 3.93. The molecule has 1 aliphatic rings. The quantitative estimate of drug-likeness (QED) is 0.647. The topological polar surface area (TPSA) is 67.1 Å². The van der Waals surface area contributed by atoms with E-state index in [4.69, 9.17) is 5.84 Å². The van der Waals surface area contributed by atoms with Crippen molar-refractivity contribution in [2.24, 2.45) is 17.7 Å². The van der Waals surface area contributed by atoms with Crippen LogP contribution in [0.5, 0.6) is 0 Å². The summed E-state index contributed by atoms with van der Waals surface area (Å²) in [5.74, 6) is 7.12. The highest BCUT2D eigenvalue weighted by molar-refractivity contribution is 7.10. The van der Waals surface area contributed by atoms with Gasteiger partial charge in [0.15, 0.2) is 0 Å². The van der Waals surface area contributed by atoms with E-state index >= 15 is 0 Å². The fourth-order valence-corrected chi connectivity index (χ4v) is 3.12. The summed E-state index contributed by atoms with van der Waals surface area (Å²) in [7, 11) is 0. The molecule has 5 nitrogen and oxygen atoms in total. The van der Waals surface area contributed by atoms with E-state index in [1.54, 1.807) is 0 Å². The number of likely N-dealkylation sites (tertiary alicyclic amines) is 1. The number of hydrazine groups is 1. The molecule has 2 rings (SSSR count). The fraction of sp³-hybridized carbons (Fsp3) is 0.833.